The third-order valence-corrected chi connectivity index (χ3v) is 66.5. The first-order chi connectivity index (χ1) is 42.4. The summed E-state index contributed by atoms with van der Waals surface area (Å²) < 4.78 is 62.1. The molecule has 8 rings (SSSR count). The van der Waals surface area contributed by atoms with E-state index in [1.165, 1.54) is 31.1 Å². The number of rotatable bonds is 34. The fourth-order valence-corrected chi connectivity index (χ4v) is 68.2. The Labute approximate surface area is 558 Å². The van der Waals surface area contributed by atoms with Gasteiger partial charge in [0.2, 0.25) is 8.32 Å². The molecule has 0 aliphatic carbocycles. The molecule has 90 heavy (non-hydrogen) atoms. The lowest BCUT2D eigenvalue weighted by Gasteiger charge is -2.45. The van der Waals surface area contributed by atoms with E-state index in [1.54, 1.807) is 0 Å². The van der Waals surface area contributed by atoms with Gasteiger partial charge in [0.1, 0.15) is 0 Å². The van der Waals surface area contributed by atoms with Crippen molar-refractivity contribution in [2.75, 3.05) is 0 Å². The van der Waals surface area contributed by atoms with E-state index in [1.807, 2.05) is 0 Å². The molecule has 0 aromatic heterocycles. The van der Waals surface area contributed by atoms with Gasteiger partial charge in [-0.15, -0.1) is 0 Å². The highest BCUT2D eigenvalue weighted by Gasteiger charge is 2.70. The van der Waals surface area contributed by atoms with Gasteiger partial charge in [-0.25, -0.2) is 0 Å². The second kappa shape index (κ2) is 29.9. The van der Waals surface area contributed by atoms with E-state index in [0.717, 1.165) is 54.7 Å². The highest BCUT2D eigenvalue weighted by Crippen LogP contribution is 2.69. The maximum Gasteiger partial charge on any atom is 0.505 e. The Hall–Kier alpha value is -3.18. The Kier molecular flexibility index (Phi) is 24.1. The molecular weight excluding hydrogens is 1310 g/mol. The van der Waals surface area contributed by atoms with E-state index in [0.29, 0.717) is 5.54 Å². The number of hydrogen-bond donors (Lipinski definition) is 0. The van der Waals surface area contributed by atoms with Crippen molar-refractivity contribution in [2.45, 2.75) is 179 Å². The largest absolute Gasteiger partial charge is 0.505 e. The average molecular weight is 1410 g/mol. The van der Waals surface area contributed by atoms with Crippen LogP contribution in [0.4, 0.5) is 0 Å². The van der Waals surface area contributed by atoms with E-state index in [4.69, 9.17) is 32.9 Å². The van der Waals surface area contributed by atoms with Crippen molar-refractivity contribution < 1.29 is 32.9 Å². The van der Waals surface area contributed by atoms with Crippen LogP contribution in [0.15, 0.2) is 212 Å². The summed E-state index contributed by atoms with van der Waals surface area (Å²) in [7, 11) is -30.3. The van der Waals surface area contributed by atoms with Crippen LogP contribution in [-0.2, 0) is 32.9 Å². The molecule has 3 unspecified atom stereocenters. The van der Waals surface area contributed by atoms with Gasteiger partial charge in [0, 0.05) is 5.19 Å². The molecule has 0 spiro atoms. The summed E-state index contributed by atoms with van der Waals surface area (Å²) in [5.74, 6) is 0. The van der Waals surface area contributed by atoms with Crippen LogP contribution in [0.25, 0.3) is 0 Å². The molecule has 0 N–H and O–H groups in total. The standard InChI is InChI=1S/C70H108O8Si12/c1-19-70(56-58-82(9,10)76-90(71-79(3)4,72-80(5)6)69-53-39-26-40-54-69)61-86(70,17)78-89(67-49-35-24-36-50-67,68-51-37-25-38-52-68)75-84(13,14)60-59-83(11,12)74-88(65-45-31-22-32-46-65,66-47-33-23-34-48-66)73-81(7,8)57-55-62(2)85(15,16)77-87(18,63-41-27-20-28-42-63)64-43-29-21-30-44-64/h20-54,62,79-80H,19,55-61H2,1-18H3. The second-order valence-corrected chi connectivity index (χ2v) is 74.3. The Bertz CT molecular complexity index is 3190. The summed E-state index contributed by atoms with van der Waals surface area (Å²) in [6.07, 6.45) is 3.15. The van der Waals surface area contributed by atoms with Crippen LogP contribution >= 0.6 is 0 Å². The minimum atomic E-state index is -3.38. The Morgan fingerprint density at radius 1 is 0.400 bits per heavy atom. The smallest absolute Gasteiger partial charge is 0.449 e. The van der Waals surface area contributed by atoms with E-state index >= 15 is 0 Å². The van der Waals surface area contributed by atoms with Crippen molar-refractivity contribution in [3.63, 3.8) is 0 Å². The number of hydrogen-bond acceptors (Lipinski definition) is 8. The van der Waals surface area contributed by atoms with Crippen LogP contribution in [0.1, 0.15) is 33.1 Å². The van der Waals surface area contributed by atoms with Crippen LogP contribution in [0.2, 0.25) is 146 Å². The zero-order chi connectivity index (χ0) is 65.3. The van der Waals surface area contributed by atoms with Crippen LogP contribution in [-0.4, -0.2) is 102 Å². The minimum absolute atomic E-state index is 0.0795. The van der Waals surface area contributed by atoms with Gasteiger partial charge in [-0.05, 0) is 183 Å². The van der Waals surface area contributed by atoms with Crippen molar-refractivity contribution >= 4 is 139 Å². The van der Waals surface area contributed by atoms with Crippen LogP contribution in [0.3, 0.4) is 0 Å². The zero-order valence-corrected chi connectivity index (χ0v) is 70.2. The first-order valence-electron chi connectivity index (χ1n) is 33.3. The Morgan fingerprint density at radius 2 is 0.711 bits per heavy atom. The van der Waals surface area contributed by atoms with Gasteiger partial charge >= 0.3 is 25.9 Å². The molecule has 1 saturated heterocycles. The van der Waals surface area contributed by atoms with Gasteiger partial charge in [-0.1, -0.05) is 239 Å². The van der Waals surface area contributed by atoms with Gasteiger partial charge < -0.3 is 32.9 Å². The maximum atomic E-state index is 8.30. The fraction of sp³-hybridized carbons (Fsp3) is 0.400. The number of benzene rings is 7. The third kappa shape index (κ3) is 17.8. The van der Waals surface area contributed by atoms with Crippen LogP contribution < -0.4 is 36.3 Å². The Balaban J connectivity index is 1.06. The normalized spacial score (nSPS) is 17.6. The summed E-state index contributed by atoms with van der Waals surface area (Å²) in [5.41, 5.74) is 0.392. The average Bonchev–Trinajstić information content (AvgIpc) is 1.53. The summed E-state index contributed by atoms with van der Waals surface area (Å²) in [6.45, 7) is 43.1. The quantitative estimate of drug-likeness (QED) is 0.0370. The van der Waals surface area contributed by atoms with Crippen molar-refractivity contribution in [3.8, 4) is 0 Å². The molecule has 484 valence electrons. The Morgan fingerprint density at radius 3 is 1.07 bits per heavy atom. The molecule has 1 fully saturated rings. The van der Waals surface area contributed by atoms with E-state index < -0.39 is 102 Å². The lowest BCUT2D eigenvalue weighted by Crippen LogP contribution is -2.70. The molecule has 1 heterocycles. The summed E-state index contributed by atoms with van der Waals surface area (Å²) >= 11 is 0. The van der Waals surface area contributed by atoms with Crippen molar-refractivity contribution in [1.29, 1.82) is 0 Å². The molecular formula is C70H108O8Si12. The molecule has 0 bridgehead atoms. The lowest BCUT2D eigenvalue weighted by molar-refractivity contribution is 0.281. The highest BCUT2D eigenvalue weighted by molar-refractivity contribution is 7.06. The molecule has 1 aliphatic heterocycles. The predicted molar refractivity (Wildman–Crippen MR) is 413 cm³/mol. The summed E-state index contributed by atoms with van der Waals surface area (Å²) in [4.78, 5) is 0. The van der Waals surface area contributed by atoms with E-state index in [9.17, 15) is 0 Å². The molecule has 0 radical (unpaired) electrons. The predicted octanol–water partition coefficient (Wildman–Crippen LogP) is 14.8. The zero-order valence-electron chi connectivity index (χ0n) is 57.9. The first-order valence-corrected chi connectivity index (χ1v) is 64.7. The van der Waals surface area contributed by atoms with Crippen molar-refractivity contribution in [2.24, 2.45) is 0 Å². The molecule has 7 aromatic carbocycles. The van der Waals surface area contributed by atoms with E-state index in [2.05, 4.69) is 331 Å². The molecule has 0 saturated carbocycles. The van der Waals surface area contributed by atoms with Gasteiger partial charge in [-0.2, -0.15) is 0 Å². The first kappa shape index (κ1) is 72.6. The van der Waals surface area contributed by atoms with Crippen LogP contribution in [0.5, 0.6) is 0 Å². The van der Waals surface area contributed by atoms with Gasteiger partial charge in [0.25, 0.3) is 0 Å². The molecule has 1 aliphatic rings. The monoisotopic (exact) mass is 1410 g/mol. The molecule has 20 heteroatoms. The molecule has 0 amide bonds. The van der Waals surface area contributed by atoms with E-state index in [-0.39, 0.29) is 5.04 Å². The van der Waals surface area contributed by atoms with Crippen molar-refractivity contribution in [3.05, 3.63) is 212 Å². The summed E-state index contributed by atoms with van der Waals surface area (Å²) in [5, 5.41) is 8.53. The third-order valence-electron chi connectivity index (χ3n) is 18.9. The van der Waals surface area contributed by atoms with Gasteiger partial charge in [-0.3, -0.25) is 0 Å². The topological polar surface area (TPSA) is 73.8 Å². The SMILES string of the molecule is CCC1(CC[Si](C)(C)O[Si](O[SiH](C)C)(O[SiH](C)C)c2ccccc2)C[Si]1(C)O[Si](O[Si](C)(C)CC[Si](C)(C)O[Si](O[Si](C)(C)CCC(C)[Si](C)(C)O[Si](C)(c1ccccc1)c1ccccc1)(c1ccccc1)c1ccccc1)(c1ccccc1)c1ccccc1. The van der Waals surface area contributed by atoms with Crippen LogP contribution in [0, 0.1) is 0 Å². The summed E-state index contributed by atoms with van der Waals surface area (Å²) in [6, 6.07) is 81.8. The van der Waals surface area contributed by atoms with Gasteiger partial charge in [0.05, 0.1) is 0 Å². The fourth-order valence-electron chi connectivity index (χ4n) is 13.3. The van der Waals surface area contributed by atoms with Crippen molar-refractivity contribution in [1.82, 2.24) is 0 Å². The second-order valence-electron chi connectivity index (χ2n) is 29.5. The van der Waals surface area contributed by atoms with Gasteiger partial charge in [0.15, 0.2) is 68.0 Å². The molecule has 7 aromatic rings. The lowest BCUT2D eigenvalue weighted by atomic mass is 10.1. The molecule has 3 atom stereocenters. The minimum Gasteiger partial charge on any atom is -0.449 e. The molecule has 8 nitrogen and oxygen atoms in total. The highest BCUT2D eigenvalue weighted by atomic mass is 28.5. The maximum absolute atomic E-state index is 8.30.